The SMILES string of the molecule is CC(Cn1c(=S)n(OC(=O)C(F)(F)F)c(=O)c2[nH]cnc21)NCc1ccc(Cl)nc1. The molecule has 0 bridgehead atoms. The number of aromatic nitrogens is 5. The molecule has 0 aromatic carbocycles. The van der Waals surface area contributed by atoms with Crippen LogP contribution in [0.25, 0.3) is 11.2 Å². The van der Waals surface area contributed by atoms with E-state index in [1.54, 1.807) is 25.3 Å². The third-order valence-electron chi connectivity index (χ3n) is 3.98. The first-order valence-electron chi connectivity index (χ1n) is 8.40. The lowest BCUT2D eigenvalue weighted by atomic mass is 10.2. The minimum Gasteiger partial charge on any atom is -0.339 e. The van der Waals surface area contributed by atoms with E-state index in [4.69, 9.17) is 23.8 Å². The fourth-order valence-electron chi connectivity index (χ4n) is 2.56. The summed E-state index contributed by atoms with van der Waals surface area (Å²) in [7, 11) is 0. The molecule has 3 rings (SSSR count). The van der Waals surface area contributed by atoms with E-state index in [1.807, 2.05) is 0 Å². The minimum atomic E-state index is -5.30. The summed E-state index contributed by atoms with van der Waals surface area (Å²) in [4.78, 5) is 38.3. The first-order chi connectivity index (χ1) is 14.1. The topological polar surface area (TPSA) is 107 Å². The van der Waals surface area contributed by atoms with Gasteiger partial charge in [0.1, 0.15) is 5.15 Å². The number of carbonyl (C=O) groups excluding carboxylic acids is 1. The van der Waals surface area contributed by atoms with Crippen LogP contribution in [-0.2, 0) is 17.9 Å². The highest BCUT2D eigenvalue weighted by Gasteiger charge is 2.42. The van der Waals surface area contributed by atoms with Gasteiger partial charge in [-0.1, -0.05) is 17.7 Å². The Balaban J connectivity index is 1.88. The molecule has 0 radical (unpaired) electrons. The van der Waals surface area contributed by atoms with Crippen LogP contribution in [0.3, 0.4) is 0 Å². The van der Waals surface area contributed by atoms with Crippen molar-refractivity contribution >= 4 is 41.0 Å². The number of nitrogens with one attached hydrogen (secondary N) is 2. The fourth-order valence-corrected chi connectivity index (χ4v) is 2.95. The molecule has 0 amide bonds. The molecule has 0 spiro atoms. The summed E-state index contributed by atoms with van der Waals surface area (Å²) in [5.41, 5.74) is -0.253. The molecule has 0 fully saturated rings. The van der Waals surface area contributed by atoms with E-state index in [2.05, 4.69) is 25.1 Å². The maximum Gasteiger partial charge on any atom is 0.493 e. The first-order valence-corrected chi connectivity index (χ1v) is 9.18. The summed E-state index contributed by atoms with van der Waals surface area (Å²) in [6, 6.07) is 3.15. The Morgan fingerprint density at radius 3 is 2.77 bits per heavy atom. The molecule has 0 aliphatic heterocycles. The predicted octanol–water partition coefficient (Wildman–Crippen LogP) is 2.00. The highest BCUT2D eigenvalue weighted by molar-refractivity contribution is 7.71. The number of carbonyl (C=O) groups is 1. The monoisotopic (exact) mass is 462 g/mol. The third-order valence-corrected chi connectivity index (χ3v) is 4.59. The van der Waals surface area contributed by atoms with Crippen LogP contribution in [0.5, 0.6) is 0 Å². The Morgan fingerprint density at radius 1 is 1.40 bits per heavy atom. The lowest BCUT2D eigenvalue weighted by Crippen LogP contribution is -2.41. The van der Waals surface area contributed by atoms with Crippen LogP contribution in [0.4, 0.5) is 13.2 Å². The van der Waals surface area contributed by atoms with Crippen LogP contribution in [0, 0.1) is 4.77 Å². The number of hydrogen-bond donors (Lipinski definition) is 2. The molecule has 0 aliphatic carbocycles. The zero-order valence-corrected chi connectivity index (χ0v) is 16.8. The molecular formula is C16H14ClF3N6O3S. The zero-order chi connectivity index (χ0) is 22.1. The van der Waals surface area contributed by atoms with Crippen molar-refractivity contribution in [2.24, 2.45) is 0 Å². The van der Waals surface area contributed by atoms with E-state index in [1.165, 1.54) is 10.9 Å². The Kier molecular flexibility index (Phi) is 6.24. The van der Waals surface area contributed by atoms with Crippen LogP contribution >= 0.6 is 23.8 Å². The second kappa shape index (κ2) is 8.53. The Bertz CT molecular complexity index is 1190. The van der Waals surface area contributed by atoms with Gasteiger partial charge in [-0.3, -0.25) is 9.36 Å². The predicted molar refractivity (Wildman–Crippen MR) is 102 cm³/mol. The van der Waals surface area contributed by atoms with Crippen molar-refractivity contribution in [1.29, 1.82) is 0 Å². The van der Waals surface area contributed by atoms with Gasteiger partial charge >= 0.3 is 17.7 Å². The van der Waals surface area contributed by atoms with Crippen molar-refractivity contribution in [2.45, 2.75) is 32.2 Å². The molecule has 9 nitrogen and oxygen atoms in total. The average Bonchev–Trinajstić information content (AvgIpc) is 3.17. The quantitative estimate of drug-likeness (QED) is 0.426. The highest BCUT2D eigenvalue weighted by Crippen LogP contribution is 2.15. The number of H-pyrrole nitrogens is 1. The number of imidazole rings is 1. The zero-order valence-electron chi connectivity index (χ0n) is 15.2. The fraction of sp³-hybridized carbons (Fsp3) is 0.312. The molecule has 0 saturated carbocycles. The summed E-state index contributed by atoms with van der Waals surface area (Å²) >= 11 is 10.8. The Hall–Kier alpha value is -2.77. The largest absolute Gasteiger partial charge is 0.493 e. The smallest absolute Gasteiger partial charge is 0.339 e. The van der Waals surface area contributed by atoms with Crippen LogP contribution < -0.4 is 15.7 Å². The van der Waals surface area contributed by atoms with E-state index >= 15 is 0 Å². The number of alkyl halides is 3. The maximum atomic E-state index is 12.6. The van der Waals surface area contributed by atoms with Gasteiger partial charge in [0.2, 0.25) is 4.77 Å². The lowest BCUT2D eigenvalue weighted by molar-refractivity contribution is -0.200. The van der Waals surface area contributed by atoms with Crippen molar-refractivity contribution in [2.75, 3.05) is 0 Å². The average molecular weight is 463 g/mol. The molecule has 14 heteroatoms. The number of halogens is 4. The van der Waals surface area contributed by atoms with Crippen molar-refractivity contribution in [3.8, 4) is 0 Å². The van der Waals surface area contributed by atoms with Gasteiger partial charge in [-0.15, -0.1) is 4.73 Å². The van der Waals surface area contributed by atoms with Gasteiger partial charge in [-0.25, -0.2) is 14.8 Å². The number of pyridine rings is 1. The standard InChI is InChI=1S/C16H14ClF3N6O3S/c1-8(21-4-9-2-3-10(17)22-5-9)6-25-12-11(23-7-24-12)13(27)26(15(25)30)29-14(28)16(18,19)20/h2-3,5,7-8,21H,4,6H2,1H3,(H,23,24). The molecular weight excluding hydrogens is 449 g/mol. The van der Waals surface area contributed by atoms with E-state index in [9.17, 15) is 22.8 Å². The molecule has 30 heavy (non-hydrogen) atoms. The minimum absolute atomic E-state index is 0.116. The number of nitrogens with zero attached hydrogens (tertiary/aromatic N) is 4. The van der Waals surface area contributed by atoms with Gasteiger partial charge in [0.05, 0.1) is 6.33 Å². The van der Waals surface area contributed by atoms with Gasteiger partial charge in [-0.2, -0.15) is 13.2 Å². The highest BCUT2D eigenvalue weighted by atomic mass is 35.5. The summed E-state index contributed by atoms with van der Waals surface area (Å²) in [6.45, 7) is 2.33. The van der Waals surface area contributed by atoms with Crippen LogP contribution in [0.1, 0.15) is 12.5 Å². The van der Waals surface area contributed by atoms with Gasteiger partial charge in [0.25, 0.3) is 0 Å². The Morgan fingerprint density at radius 2 is 2.13 bits per heavy atom. The maximum absolute atomic E-state index is 12.6. The number of hydrogen-bond acceptors (Lipinski definition) is 7. The van der Waals surface area contributed by atoms with Gasteiger partial charge in [-0.05, 0) is 30.8 Å². The second-order valence-electron chi connectivity index (χ2n) is 6.24. The Labute approximate surface area is 176 Å². The summed E-state index contributed by atoms with van der Waals surface area (Å²) in [5, 5.41) is 3.54. The van der Waals surface area contributed by atoms with Crippen molar-refractivity contribution in [1.82, 2.24) is 29.6 Å². The summed E-state index contributed by atoms with van der Waals surface area (Å²) < 4.78 is 38.7. The van der Waals surface area contributed by atoms with Gasteiger partial charge < -0.3 is 15.1 Å². The second-order valence-corrected chi connectivity index (χ2v) is 6.99. The van der Waals surface area contributed by atoms with E-state index in [-0.39, 0.29) is 28.5 Å². The molecule has 1 atom stereocenters. The number of rotatable bonds is 6. The summed E-state index contributed by atoms with van der Waals surface area (Å²) in [5.74, 6) is -2.57. The molecule has 160 valence electrons. The van der Waals surface area contributed by atoms with Gasteiger partial charge in [0, 0.05) is 25.3 Å². The van der Waals surface area contributed by atoms with Crippen LogP contribution in [0.2, 0.25) is 5.15 Å². The molecule has 3 heterocycles. The van der Waals surface area contributed by atoms with Crippen LogP contribution in [-0.4, -0.2) is 42.4 Å². The van der Waals surface area contributed by atoms with Crippen molar-refractivity contribution < 1.29 is 22.8 Å². The van der Waals surface area contributed by atoms with E-state index in [0.29, 0.717) is 11.7 Å². The normalized spacial score (nSPS) is 12.8. The molecule has 1 unspecified atom stereocenters. The molecule has 3 aromatic heterocycles. The summed E-state index contributed by atoms with van der Waals surface area (Å²) in [6.07, 6.45) is -2.52. The van der Waals surface area contributed by atoms with Crippen molar-refractivity contribution in [3.05, 3.63) is 50.5 Å². The third kappa shape index (κ3) is 4.68. The molecule has 3 aromatic rings. The molecule has 2 N–H and O–H groups in total. The van der Waals surface area contributed by atoms with Crippen LogP contribution in [0.15, 0.2) is 29.5 Å². The van der Waals surface area contributed by atoms with E-state index < -0.39 is 22.5 Å². The number of aromatic amines is 1. The number of fused-ring (bicyclic) bond motifs is 1. The van der Waals surface area contributed by atoms with E-state index in [0.717, 1.165) is 5.56 Å². The first kappa shape index (κ1) is 21.9. The molecule has 0 aliphatic rings. The lowest BCUT2D eigenvalue weighted by Gasteiger charge is -2.18. The van der Waals surface area contributed by atoms with Crippen molar-refractivity contribution in [3.63, 3.8) is 0 Å². The molecule has 0 saturated heterocycles. The van der Waals surface area contributed by atoms with Gasteiger partial charge in [0.15, 0.2) is 11.2 Å².